The summed E-state index contributed by atoms with van der Waals surface area (Å²) >= 11 is 0. The number of nitrogens with zero attached hydrogens (tertiary/aromatic N) is 1. The van der Waals surface area contributed by atoms with Crippen molar-refractivity contribution in [1.82, 2.24) is 0 Å². The molecular formula is C28H32N2O6. The van der Waals surface area contributed by atoms with Crippen molar-refractivity contribution in [2.45, 2.75) is 18.9 Å². The van der Waals surface area contributed by atoms with Crippen molar-refractivity contribution < 1.29 is 28.4 Å². The molecule has 0 spiro atoms. The number of aliphatic imine (C=N–C) groups is 1. The lowest BCUT2D eigenvalue weighted by molar-refractivity contribution is 0.322. The maximum atomic E-state index is 5.64. The quantitative estimate of drug-likeness (QED) is 0.439. The van der Waals surface area contributed by atoms with Gasteiger partial charge in [-0.05, 0) is 48.9 Å². The van der Waals surface area contributed by atoms with Crippen LogP contribution in [0.4, 0.5) is 11.4 Å². The van der Waals surface area contributed by atoms with E-state index in [1.165, 1.54) is 0 Å². The Bertz CT molecular complexity index is 1240. The van der Waals surface area contributed by atoms with Crippen molar-refractivity contribution in [3.05, 3.63) is 59.7 Å². The Hall–Kier alpha value is -4.07. The number of para-hydroxylation sites is 2. The first-order valence-corrected chi connectivity index (χ1v) is 11.5. The van der Waals surface area contributed by atoms with Crippen molar-refractivity contribution in [2.75, 3.05) is 48.0 Å². The summed E-state index contributed by atoms with van der Waals surface area (Å²) in [5, 5.41) is 3.72. The maximum Gasteiger partial charge on any atom is 0.203 e. The summed E-state index contributed by atoms with van der Waals surface area (Å²) in [5.41, 5.74) is 3.82. The summed E-state index contributed by atoms with van der Waals surface area (Å²) in [4.78, 5) is 5.07. The molecular weight excluding hydrogens is 460 g/mol. The second kappa shape index (κ2) is 10.3. The molecule has 1 atom stereocenters. The van der Waals surface area contributed by atoms with E-state index in [1.807, 2.05) is 48.5 Å². The normalized spacial score (nSPS) is 16.6. The minimum Gasteiger partial charge on any atom is -0.493 e. The highest BCUT2D eigenvalue weighted by molar-refractivity contribution is 6.05. The number of hydrogen-bond acceptors (Lipinski definition) is 8. The second-order valence-electron chi connectivity index (χ2n) is 8.54. The van der Waals surface area contributed by atoms with E-state index in [-0.39, 0.29) is 0 Å². The van der Waals surface area contributed by atoms with Gasteiger partial charge in [0.2, 0.25) is 11.5 Å². The monoisotopic (exact) mass is 492 g/mol. The average Bonchev–Trinajstić information content (AvgIpc) is 3.07. The number of hydrogen-bond donors (Lipinski definition) is 1. The van der Waals surface area contributed by atoms with E-state index in [4.69, 9.17) is 33.4 Å². The molecule has 4 rings (SSSR count). The number of rotatable bonds is 8. The Labute approximate surface area is 211 Å². The first kappa shape index (κ1) is 25.0. The van der Waals surface area contributed by atoms with Crippen LogP contribution in [0.5, 0.6) is 34.5 Å². The molecule has 1 heterocycles. The fourth-order valence-electron chi connectivity index (χ4n) is 4.53. The molecule has 3 aromatic carbocycles. The topological polar surface area (TPSA) is 79.8 Å². The van der Waals surface area contributed by atoms with E-state index in [9.17, 15) is 0 Å². The molecule has 190 valence electrons. The van der Waals surface area contributed by atoms with Gasteiger partial charge in [0.1, 0.15) is 0 Å². The van der Waals surface area contributed by atoms with Crippen molar-refractivity contribution in [2.24, 2.45) is 4.99 Å². The molecule has 1 N–H and O–H groups in total. The van der Waals surface area contributed by atoms with Crippen LogP contribution in [0.2, 0.25) is 0 Å². The Morgan fingerprint density at radius 3 is 1.69 bits per heavy atom. The molecule has 8 heteroatoms. The molecule has 0 aromatic heterocycles. The largest absolute Gasteiger partial charge is 0.493 e. The lowest BCUT2D eigenvalue weighted by Crippen LogP contribution is -2.34. The predicted octanol–water partition coefficient (Wildman–Crippen LogP) is 5.59. The number of benzene rings is 3. The Kier molecular flexibility index (Phi) is 7.15. The van der Waals surface area contributed by atoms with Crippen LogP contribution in [0, 0.1) is 0 Å². The van der Waals surface area contributed by atoms with Gasteiger partial charge in [0.25, 0.3) is 0 Å². The summed E-state index contributed by atoms with van der Waals surface area (Å²) in [5.74, 6) is 3.37. The third-order valence-corrected chi connectivity index (χ3v) is 6.39. The summed E-state index contributed by atoms with van der Waals surface area (Å²) < 4.78 is 33.6. The molecule has 0 amide bonds. The molecule has 0 radical (unpaired) electrons. The van der Waals surface area contributed by atoms with Gasteiger partial charge in [-0.3, -0.25) is 4.99 Å². The van der Waals surface area contributed by atoms with E-state index < -0.39 is 5.54 Å². The molecule has 0 aliphatic carbocycles. The molecule has 0 saturated heterocycles. The van der Waals surface area contributed by atoms with Gasteiger partial charge in [-0.1, -0.05) is 12.1 Å². The van der Waals surface area contributed by atoms with E-state index in [0.29, 0.717) is 40.9 Å². The highest BCUT2D eigenvalue weighted by Gasteiger charge is 2.34. The van der Waals surface area contributed by atoms with Crippen LogP contribution < -0.4 is 33.7 Å². The van der Waals surface area contributed by atoms with Gasteiger partial charge in [0.05, 0.1) is 65.3 Å². The van der Waals surface area contributed by atoms with Crippen molar-refractivity contribution in [3.8, 4) is 34.5 Å². The van der Waals surface area contributed by atoms with Crippen LogP contribution >= 0.6 is 0 Å². The number of methoxy groups -OCH3 is 6. The van der Waals surface area contributed by atoms with Crippen LogP contribution in [0.15, 0.2) is 53.5 Å². The molecule has 3 aromatic rings. The molecule has 1 aliphatic heterocycles. The van der Waals surface area contributed by atoms with Crippen molar-refractivity contribution >= 4 is 17.1 Å². The minimum absolute atomic E-state index is 0.531. The summed E-state index contributed by atoms with van der Waals surface area (Å²) in [7, 11) is 9.62. The van der Waals surface area contributed by atoms with Gasteiger partial charge >= 0.3 is 0 Å². The molecule has 36 heavy (non-hydrogen) atoms. The highest BCUT2D eigenvalue weighted by atomic mass is 16.5. The van der Waals surface area contributed by atoms with Gasteiger partial charge in [0, 0.05) is 12.0 Å². The molecule has 8 nitrogen and oxygen atoms in total. The average molecular weight is 493 g/mol. The summed E-state index contributed by atoms with van der Waals surface area (Å²) in [6.07, 6.45) is 0.541. The number of anilines is 1. The van der Waals surface area contributed by atoms with Crippen LogP contribution in [0.1, 0.15) is 24.5 Å². The van der Waals surface area contributed by atoms with Gasteiger partial charge in [-0.2, -0.15) is 0 Å². The Morgan fingerprint density at radius 2 is 1.19 bits per heavy atom. The summed E-state index contributed by atoms with van der Waals surface area (Å²) in [6.45, 7) is 2.13. The molecule has 0 bridgehead atoms. The zero-order chi connectivity index (χ0) is 25.9. The van der Waals surface area contributed by atoms with Gasteiger partial charge < -0.3 is 33.7 Å². The highest BCUT2D eigenvalue weighted by Crippen LogP contribution is 2.46. The number of ether oxygens (including phenoxy) is 6. The van der Waals surface area contributed by atoms with Gasteiger partial charge in [0.15, 0.2) is 23.0 Å². The molecule has 0 unspecified atom stereocenters. The molecule has 0 saturated carbocycles. The Balaban J connectivity index is 1.92. The fourth-order valence-corrected chi connectivity index (χ4v) is 4.53. The number of nitrogens with one attached hydrogen (secondary N) is 1. The molecule has 1 aliphatic rings. The minimum atomic E-state index is -0.585. The van der Waals surface area contributed by atoms with Gasteiger partial charge in [-0.15, -0.1) is 0 Å². The first-order valence-electron chi connectivity index (χ1n) is 11.5. The maximum absolute atomic E-state index is 5.64. The second-order valence-corrected chi connectivity index (χ2v) is 8.54. The SMILES string of the molecule is COc1cc(C2=Nc3ccccc3N[C@@](C)(c3cc(OC)c(OC)c(OC)c3)C2)cc(OC)c1OC. The van der Waals surface area contributed by atoms with Crippen molar-refractivity contribution in [1.29, 1.82) is 0 Å². The van der Waals surface area contributed by atoms with E-state index >= 15 is 0 Å². The van der Waals surface area contributed by atoms with Gasteiger partial charge in [-0.25, -0.2) is 0 Å². The van der Waals surface area contributed by atoms with E-state index in [0.717, 1.165) is 28.2 Å². The summed E-state index contributed by atoms with van der Waals surface area (Å²) in [6, 6.07) is 15.7. The van der Waals surface area contributed by atoms with E-state index in [2.05, 4.69) is 12.2 Å². The van der Waals surface area contributed by atoms with Crippen LogP contribution in [0.3, 0.4) is 0 Å². The van der Waals surface area contributed by atoms with Crippen molar-refractivity contribution in [3.63, 3.8) is 0 Å². The standard InChI is InChI=1S/C28H32N2O6/c1-28(18-14-24(33-4)27(36-7)25(15-18)34-5)16-21(29-19-10-8-9-11-20(19)30-28)17-12-22(31-2)26(35-6)23(13-17)32-3/h8-15,30H,16H2,1-7H3/t28-/m1/s1. The molecule has 0 fully saturated rings. The van der Waals surface area contributed by atoms with Crippen LogP contribution in [0.25, 0.3) is 0 Å². The lowest BCUT2D eigenvalue weighted by atomic mass is 9.84. The van der Waals surface area contributed by atoms with Crippen LogP contribution in [-0.2, 0) is 5.54 Å². The Morgan fingerprint density at radius 1 is 0.694 bits per heavy atom. The smallest absolute Gasteiger partial charge is 0.203 e. The number of fused-ring (bicyclic) bond motifs is 1. The zero-order valence-electron chi connectivity index (χ0n) is 21.7. The third kappa shape index (κ3) is 4.46. The lowest BCUT2D eigenvalue weighted by Gasteiger charge is -2.33. The zero-order valence-corrected chi connectivity index (χ0v) is 21.7. The van der Waals surface area contributed by atoms with Crippen LogP contribution in [-0.4, -0.2) is 48.4 Å². The van der Waals surface area contributed by atoms with E-state index in [1.54, 1.807) is 42.7 Å². The third-order valence-electron chi connectivity index (χ3n) is 6.39. The predicted molar refractivity (Wildman–Crippen MR) is 140 cm³/mol. The first-order chi connectivity index (χ1) is 17.4. The fraction of sp³-hybridized carbons (Fsp3) is 0.321.